The van der Waals surface area contributed by atoms with Gasteiger partial charge >= 0.3 is 0 Å². The lowest BCUT2D eigenvalue weighted by Gasteiger charge is -2.02. The summed E-state index contributed by atoms with van der Waals surface area (Å²) in [6, 6.07) is 18.8. The zero-order valence-corrected chi connectivity index (χ0v) is 10.6. The van der Waals surface area contributed by atoms with E-state index in [9.17, 15) is 0 Å². The maximum Gasteiger partial charge on any atom is 0.0122 e. The first-order valence-corrected chi connectivity index (χ1v) is 6.32. The minimum atomic E-state index is 0.827. The van der Waals surface area contributed by atoms with Crippen LogP contribution in [0.25, 0.3) is 6.08 Å². The van der Waals surface area contributed by atoms with Crippen LogP contribution in [-0.4, -0.2) is 0 Å². The fourth-order valence-electron chi connectivity index (χ4n) is 1.52. The minimum Gasteiger partial charge on any atom is -0.402 e. The minimum absolute atomic E-state index is 0.827. The quantitative estimate of drug-likeness (QED) is 0.873. The molecule has 0 spiro atoms. The standard InChI is InChI=1S/C15H15NS/c1-12(16)11-13-7-9-15(10-8-13)17-14-5-3-2-4-6-14/h2-11H,16H2,1H3/b12-11-. The predicted molar refractivity (Wildman–Crippen MR) is 74.8 cm³/mol. The molecule has 2 heteroatoms. The first-order chi connectivity index (χ1) is 8.24. The molecule has 0 aromatic heterocycles. The van der Waals surface area contributed by atoms with Crippen LogP contribution in [0.1, 0.15) is 12.5 Å². The summed E-state index contributed by atoms with van der Waals surface area (Å²) in [6.07, 6.45) is 1.97. The van der Waals surface area contributed by atoms with E-state index in [1.165, 1.54) is 9.79 Å². The van der Waals surface area contributed by atoms with E-state index in [1.807, 2.05) is 19.1 Å². The Morgan fingerprint density at radius 1 is 0.941 bits per heavy atom. The van der Waals surface area contributed by atoms with Crippen molar-refractivity contribution in [3.8, 4) is 0 Å². The van der Waals surface area contributed by atoms with Gasteiger partial charge in [-0.15, -0.1) is 0 Å². The van der Waals surface area contributed by atoms with Gasteiger partial charge in [0.2, 0.25) is 0 Å². The average Bonchev–Trinajstić information content (AvgIpc) is 2.32. The fourth-order valence-corrected chi connectivity index (χ4v) is 2.36. The van der Waals surface area contributed by atoms with Crippen molar-refractivity contribution in [2.45, 2.75) is 16.7 Å². The van der Waals surface area contributed by atoms with Crippen molar-refractivity contribution in [2.24, 2.45) is 5.73 Å². The second-order valence-corrected chi connectivity index (χ2v) is 5.02. The van der Waals surface area contributed by atoms with Gasteiger partial charge in [-0.25, -0.2) is 0 Å². The van der Waals surface area contributed by atoms with Crippen molar-refractivity contribution in [3.05, 3.63) is 65.9 Å². The molecule has 0 unspecified atom stereocenters. The van der Waals surface area contributed by atoms with Gasteiger partial charge in [0.05, 0.1) is 0 Å². The molecule has 2 aromatic rings. The molecule has 0 bridgehead atoms. The highest BCUT2D eigenvalue weighted by molar-refractivity contribution is 7.99. The third-order valence-corrected chi connectivity index (χ3v) is 3.27. The highest BCUT2D eigenvalue weighted by Crippen LogP contribution is 2.27. The Hall–Kier alpha value is -1.67. The Morgan fingerprint density at radius 2 is 1.53 bits per heavy atom. The Morgan fingerprint density at radius 3 is 2.12 bits per heavy atom. The zero-order chi connectivity index (χ0) is 12.1. The van der Waals surface area contributed by atoms with Crippen LogP contribution in [0.4, 0.5) is 0 Å². The Balaban J connectivity index is 2.11. The maximum atomic E-state index is 5.64. The average molecular weight is 241 g/mol. The van der Waals surface area contributed by atoms with E-state index in [1.54, 1.807) is 11.8 Å². The van der Waals surface area contributed by atoms with Crippen LogP contribution in [0.15, 0.2) is 70.1 Å². The zero-order valence-electron chi connectivity index (χ0n) is 9.76. The molecule has 0 saturated carbocycles. The molecule has 2 N–H and O–H groups in total. The van der Waals surface area contributed by atoms with E-state index >= 15 is 0 Å². The number of allylic oxidation sites excluding steroid dienone is 1. The summed E-state index contributed by atoms with van der Waals surface area (Å²) in [7, 11) is 0. The van der Waals surface area contributed by atoms with Crippen molar-refractivity contribution < 1.29 is 0 Å². The van der Waals surface area contributed by atoms with Crippen molar-refractivity contribution in [3.63, 3.8) is 0 Å². The number of rotatable bonds is 3. The Bertz CT molecular complexity index is 496. The molecule has 0 radical (unpaired) electrons. The van der Waals surface area contributed by atoms with Gasteiger partial charge in [0.15, 0.2) is 0 Å². The first-order valence-electron chi connectivity index (χ1n) is 5.51. The molecule has 0 aliphatic carbocycles. The Labute approximate surface area is 106 Å². The van der Waals surface area contributed by atoms with Crippen LogP contribution in [0.5, 0.6) is 0 Å². The molecule has 2 rings (SSSR count). The summed E-state index contributed by atoms with van der Waals surface area (Å²) >= 11 is 1.76. The largest absolute Gasteiger partial charge is 0.402 e. The molecule has 0 amide bonds. The van der Waals surface area contributed by atoms with Crippen molar-refractivity contribution in [1.29, 1.82) is 0 Å². The van der Waals surface area contributed by atoms with Crippen LogP contribution < -0.4 is 5.73 Å². The molecule has 0 aliphatic rings. The van der Waals surface area contributed by atoms with E-state index < -0.39 is 0 Å². The molecular formula is C15H15NS. The fraction of sp³-hybridized carbons (Fsp3) is 0.0667. The predicted octanol–water partition coefficient (Wildman–Crippen LogP) is 4.16. The third-order valence-electron chi connectivity index (χ3n) is 2.25. The summed E-state index contributed by atoms with van der Waals surface area (Å²) < 4.78 is 0. The summed E-state index contributed by atoms with van der Waals surface area (Å²) in [4.78, 5) is 2.49. The van der Waals surface area contributed by atoms with Gasteiger partial charge in [-0.05, 0) is 42.8 Å². The van der Waals surface area contributed by atoms with Crippen molar-refractivity contribution >= 4 is 17.8 Å². The molecule has 0 heterocycles. The summed E-state index contributed by atoms with van der Waals surface area (Å²) in [5, 5.41) is 0. The van der Waals surface area contributed by atoms with Crippen LogP contribution >= 0.6 is 11.8 Å². The summed E-state index contributed by atoms with van der Waals surface area (Å²) in [5.41, 5.74) is 7.61. The number of benzene rings is 2. The van der Waals surface area contributed by atoms with Gasteiger partial charge < -0.3 is 5.73 Å². The van der Waals surface area contributed by atoms with Crippen molar-refractivity contribution in [1.82, 2.24) is 0 Å². The highest BCUT2D eigenvalue weighted by Gasteiger charge is 1.96. The molecular weight excluding hydrogens is 226 g/mol. The lowest BCUT2D eigenvalue weighted by molar-refractivity contribution is 1.33. The molecule has 0 atom stereocenters. The summed E-state index contributed by atoms with van der Waals surface area (Å²) in [6.45, 7) is 1.90. The molecule has 0 aliphatic heterocycles. The maximum absolute atomic E-state index is 5.64. The topological polar surface area (TPSA) is 26.0 Å². The second kappa shape index (κ2) is 5.60. The van der Waals surface area contributed by atoms with E-state index in [-0.39, 0.29) is 0 Å². The van der Waals surface area contributed by atoms with Crippen LogP contribution in [0.3, 0.4) is 0 Å². The highest BCUT2D eigenvalue weighted by atomic mass is 32.2. The normalized spacial score (nSPS) is 11.5. The number of nitrogens with two attached hydrogens (primary N) is 1. The van der Waals surface area contributed by atoms with Gasteiger partial charge in [0, 0.05) is 15.5 Å². The Kier molecular flexibility index (Phi) is 3.89. The number of hydrogen-bond donors (Lipinski definition) is 1. The molecule has 86 valence electrons. The van der Waals surface area contributed by atoms with E-state index in [0.717, 1.165) is 11.3 Å². The monoisotopic (exact) mass is 241 g/mol. The molecule has 2 aromatic carbocycles. The smallest absolute Gasteiger partial charge is 0.0122 e. The molecule has 1 nitrogen and oxygen atoms in total. The van der Waals surface area contributed by atoms with Gasteiger partial charge in [0.25, 0.3) is 0 Å². The van der Waals surface area contributed by atoms with E-state index in [0.29, 0.717) is 0 Å². The summed E-state index contributed by atoms with van der Waals surface area (Å²) in [5.74, 6) is 0. The lowest BCUT2D eigenvalue weighted by Crippen LogP contribution is -1.89. The molecule has 0 fully saturated rings. The molecule has 0 saturated heterocycles. The molecule has 17 heavy (non-hydrogen) atoms. The second-order valence-electron chi connectivity index (χ2n) is 3.87. The van der Waals surface area contributed by atoms with Crippen LogP contribution in [0, 0.1) is 0 Å². The van der Waals surface area contributed by atoms with Crippen LogP contribution in [0.2, 0.25) is 0 Å². The van der Waals surface area contributed by atoms with Gasteiger partial charge in [-0.1, -0.05) is 42.1 Å². The third kappa shape index (κ3) is 3.68. The SMILES string of the molecule is C/C(N)=C/c1ccc(Sc2ccccc2)cc1. The lowest BCUT2D eigenvalue weighted by atomic mass is 10.2. The van der Waals surface area contributed by atoms with E-state index in [2.05, 4.69) is 48.5 Å². The van der Waals surface area contributed by atoms with Gasteiger partial charge in [-0.2, -0.15) is 0 Å². The first kappa shape index (κ1) is 11.8. The van der Waals surface area contributed by atoms with Gasteiger partial charge in [-0.3, -0.25) is 0 Å². The van der Waals surface area contributed by atoms with Crippen LogP contribution in [-0.2, 0) is 0 Å². The van der Waals surface area contributed by atoms with Crippen molar-refractivity contribution in [2.75, 3.05) is 0 Å². The number of hydrogen-bond acceptors (Lipinski definition) is 2. The van der Waals surface area contributed by atoms with Gasteiger partial charge in [0.1, 0.15) is 0 Å². The van der Waals surface area contributed by atoms with E-state index in [4.69, 9.17) is 5.73 Å².